The van der Waals surface area contributed by atoms with E-state index in [1.165, 1.54) is 0 Å². The second-order valence-electron chi connectivity index (χ2n) is 7.39. The van der Waals surface area contributed by atoms with Gasteiger partial charge < -0.3 is 10.1 Å². The number of nitro benzene ring substituents is 2. The van der Waals surface area contributed by atoms with Crippen molar-refractivity contribution in [2.45, 2.75) is 13.2 Å². The van der Waals surface area contributed by atoms with Crippen LogP contribution in [0.4, 0.5) is 17.1 Å². The summed E-state index contributed by atoms with van der Waals surface area (Å²) in [4.78, 5) is 50.5. The van der Waals surface area contributed by atoms with Crippen LogP contribution in [0.25, 0.3) is 0 Å². The van der Waals surface area contributed by atoms with Gasteiger partial charge in [-0.1, -0.05) is 42.0 Å². The van der Waals surface area contributed by atoms with Gasteiger partial charge in [-0.15, -0.1) is 0 Å². The Morgan fingerprint density at radius 2 is 1.62 bits per heavy atom. The zero-order valence-corrected chi connectivity index (χ0v) is 17.6. The average Bonchev–Trinajstić information content (AvgIpc) is 2.95. The first-order valence-electron chi connectivity index (χ1n) is 9.93. The van der Waals surface area contributed by atoms with Gasteiger partial charge in [0.1, 0.15) is 0 Å². The summed E-state index contributed by atoms with van der Waals surface area (Å²) in [6.07, 6.45) is -1.64. The molecule has 1 aliphatic rings. The number of non-ortho nitro benzene ring substituents is 2. The predicted molar refractivity (Wildman–Crippen MR) is 121 cm³/mol. The Labute approximate surface area is 192 Å². The molecule has 11 heteroatoms. The molecule has 3 aromatic rings. The second kappa shape index (κ2) is 8.90. The molecule has 0 aromatic heterocycles. The van der Waals surface area contributed by atoms with Crippen LogP contribution in [0.15, 0.2) is 71.7 Å². The van der Waals surface area contributed by atoms with Crippen LogP contribution in [-0.4, -0.2) is 33.7 Å². The molecule has 1 unspecified atom stereocenters. The first kappa shape index (κ1) is 22.3. The number of aryl methyl sites for hydroxylation is 1. The predicted octanol–water partition coefficient (Wildman–Crippen LogP) is 3.78. The van der Waals surface area contributed by atoms with Crippen molar-refractivity contribution in [3.05, 3.63) is 109 Å². The smallest absolute Gasteiger partial charge is 0.341 e. The fraction of sp³-hybridized carbons (Fsp3) is 0.0870. The van der Waals surface area contributed by atoms with Crippen molar-refractivity contribution in [2.24, 2.45) is 4.99 Å². The molecule has 0 fully saturated rings. The van der Waals surface area contributed by atoms with E-state index in [1.54, 1.807) is 36.4 Å². The number of carbonyl (C=O) groups is 2. The average molecular weight is 460 g/mol. The maximum atomic E-state index is 12.8. The summed E-state index contributed by atoms with van der Waals surface area (Å²) in [6.45, 7) is 1.88. The Kier molecular flexibility index (Phi) is 5.83. The van der Waals surface area contributed by atoms with Gasteiger partial charge >= 0.3 is 5.97 Å². The van der Waals surface area contributed by atoms with Gasteiger partial charge in [-0.25, -0.2) is 9.79 Å². The van der Waals surface area contributed by atoms with Crippen molar-refractivity contribution < 1.29 is 24.2 Å². The van der Waals surface area contributed by atoms with Crippen LogP contribution in [0.5, 0.6) is 0 Å². The number of nitrogens with one attached hydrogen (secondary N) is 1. The van der Waals surface area contributed by atoms with Gasteiger partial charge in [0, 0.05) is 23.3 Å². The number of anilines is 1. The number of aliphatic imine (C=N–C) groups is 1. The maximum absolute atomic E-state index is 12.8. The van der Waals surface area contributed by atoms with Gasteiger partial charge in [0.05, 0.1) is 32.9 Å². The van der Waals surface area contributed by atoms with Crippen molar-refractivity contribution in [3.63, 3.8) is 0 Å². The van der Waals surface area contributed by atoms with Crippen molar-refractivity contribution in [2.75, 3.05) is 5.32 Å². The van der Waals surface area contributed by atoms with Crippen molar-refractivity contribution in [1.29, 1.82) is 0 Å². The van der Waals surface area contributed by atoms with E-state index in [9.17, 15) is 29.8 Å². The van der Waals surface area contributed by atoms with Gasteiger partial charge in [-0.05, 0) is 19.1 Å². The highest BCUT2D eigenvalue weighted by Gasteiger charge is 2.30. The Bertz CT molecular complexity index is 1340. The third kappa shape index (κ3) is 4.48. The highest BCUT2D eigenvalue weighted by molar-refractivity contribution is 6.19. The number of fused-ring (bicyclic) bond motifs is 1. The lowest BCUT2D eigenvalue weighted by Crippen LogP contribution is -2.30. The number of esters is 1. The third-order valence-corrected chi connectivity index (χ3v) is 4.98. The number of benzene rings is 3. The molecule has 3 aromatic carbocycles. The normalized spacial score (nSPS) is 14.8. The molecular weight excluding hydrogens is 444 g/mol. The van der Waals surface area contributed by atoms with Crippen LogP contribution in [0.3, 0.4) is 0 Å². The van der Waals surface area contributed by atoms with Gasteiger partial charge in [0.25, 0.3) is 23.5 Å². The minimum absolute atomic E-state index is 0.389. The molecule has 0 spiro atoms. The highest BCUT2D eigenvalue weighted by Crippen LogP contribution is 2.27. The monoisotopic (exact) mass is 460 g/mol. The van der Waals surface area contributed by atoms with E-state index in [4.69, 9.17) is 4.74 Å². The number of nitro groups is 2. The Morgan fingerprint density at radius 1 is 0.971 bits per heavy atom. The van der Waals surface area contributed by atoms with Gasteiger partial charge in [-0.2, -0.15) is 0 Å². The molecule has 4 rings (SSSR count). The lowest BCUT2D eigenvalue weighted by Gasteiger charge is -2.12. The van der Waals surface area contributed by atoms with Crippen LogP contribution in [0.2, 0.25) is 0 Å². The van der Waals surface area contributed by atoms with Crippen molar-refractivity contribution in [1.82, 2.24) is 0 Å². The van der Waals surface area contributed by atoms with E-state index in [-0.39, 0.29) is 0 Å². The van der Waals surface area contributed by atoms with Gasteiger partial charge in [-0.3, -0.25) is 25.0 Å². The van der Waals surface area contributed by atoms with Crippen LogP contribution < -0.4 is 5.32 Å². The minimum Gasteiger partial charge on any atom is -0.426 e. The summed E-state index contributed by atoms with van der Waals surface area (Å²) >= 11 is 0. The van der Waals surface area contributed by atoms with Gasteiger partial charge in [0.2, 0.25) is 0 Å². The maximum Gasteiger partial charge on any atom is 0.341 e. The van der Waals surface area contributed by atoms with Crippen LogP contribution in [-0.2, 0) is 9.53 Å². The number of amides is 1. The lowest BCUT2D eigenvalue weighted by atomic mass is 9.99. The summed E-state index contributed by atoms with van der Waals surface area (Å²) in [5, 5.41) is 24.9. The number of carbonyl (C=O) groups excluding carboxylic acids is 2. The largest absolute Gasteiger partial charge is 0.426 e. The Balaban J connectivity index is 1.76. The summed E-state index contributed by atoms with van der Waals surface area (Å²) in [5.74, 6) is -1.92. The summed E-state index contributed by atoms with van der Waals surface area (Å²) < 4.78 is 5.27. The third-order valence-electron chi connectivity index (χ3n) is 4.98. The highest BCUT2D eigenvalue weighted by atomic mass is 16.6. The molecule has 0 radical (unpaired) electrons. The number of benzodiazepines with no additional fused rings is 1. The van der Waals surface area contributed by atoms with E-state index < -0.39 is 44.9 Å². The molecule has 11 nitrogen and oxygen atoms in total. The minimum atomic E-state index is -1.64. The summed E-state index contributed by atoms with van der Waals surface area (Å²) in [7, 11) is 0. The van der Waals surface area contributed by atoms with Crippen molar-refractivity contribution >= 4 is 34.7 Å². The Morgan fingerprint density at radius 3 is 2.24 bits per heavy atom. The number of hydrogen-bond acceptors (Lipinski definition) is 8. The SMILES string of the molecule is Cc1ccc2c(c1)C(c1ccccc1)=NC(OC(=O)c1cc([N+](=O)[O-])cc([N+](=O)[O-])c1)C(=O)N2. The number of rotatable bonds is 5. The standard InChI is InChI=1S/C23H16N4O7/c1-13-7-8-19-18(9-13)20(14-5-3-2-4-6-14)25-22(21(28)24-19)34-23(29)15-10-16(26(30)31)12-17(11-15)27(32)33/h2-12,22H,1H3,(H,24,28). The summed E-state index contributed by atoms with van der Waals surface area (Å²) in [6, 6.07) is 16.7. The molecule has 34 heavy (non-hydrogen) atoms. The Hall–Kier alpha value is -4.93. The summed E-state index contributed by atoms with van der Waals surface area (Å²) in [5.41, 5.74) is 1.26. The molecule has 1 atom stereocenters. The first-order valence-corrected chi connectivity index (χ1v) is 9.93. The van der Waals surface area contributed by atoms with E-state index in [2.05, 4.69) is 10.3 Å². The molecule has 1 N–H and O–H groups in total. The van der Waals surface area contributed by atoms with Crippen LogP contribution in [0.1, 0.15) is 27.0 Å². The fourth-order valence-corrected chi connectivity index (χ4v) is 3.40. The second-order valence-corrected chi connectivity index (χ2v) is 7.39. The van der Waals surface area contributed by atoms with Crippen LogP contribution >= 0.6 is 0 Å². The molecule has 0 saturated carbocycles. The van der Waals surface area contributed by atoms with Crippen molar-refractivity contribution in [3.8, 4) is 0 Å². The molecule has 0 aliphatic carbocycles. The first-order chi connectivity index (χ1) is 16.2. The van der Waals surface area contributed by atoms with E-state index in [0.29, 0.717) is 22.5 Å². The molecule has 170 valence electrons. The van der Waals surface area contributed by atoms with E-state index in [1.807, 2.05) is 19.1 Å². The molecule has 1 amide bonds. The zero-order chi connectivity index (χ0) is 24.4. The topological polar surface area (TPSA) is 154 Å². The molecule has 1 aliphatic heterocycles. The number of hydrogen-bond donors (Lipinski definition) is 1. The quantitative estimate of drug-likeness (QED) is 0.345. The number of ether oxygens (including phenoxy) is 1. The molecule has 1 heterocycles. The lowest BCUT2D eigenvalue weighted by molar-refractivity contribution is -0.394. The number of nitrogens with zero attached hydrogens (tertiary/aromatic N) is 3. The molecule has 0 bridgehead atoms. The molecular formula is C23H16N4O7. The zero-order valence-electron chi connectivity index (χ0n) is 17.6. The molecule has 0 saturated heterocycles. The van der Waals surface area contributed by atoms with E-state index >= 15 is 0 Å². The fourth-order valence-electron chi connectivity index (χ4n) is 3.40. The van der Waals surface area contributed by atoms with Gasteiger partial charge in [0.15, 0.2) is 0 Å². The van der Waals surface area contributed by atoms with E-state index in [0.717, 1.165) is 23.8 Å². The van der Waals surface area contributed by atoms with Crippen LogP contribution in [0, 0.1) is 27.2 Å².